The Balaban J connectivity index is 1.68. The number of ether oxygens (including phenoxy) is 2. The second kappa shape index (κ2) is 5.35. The molecule has 2 amide bonds. The van der Waals surface area contributed by atoms with Crippen LogP contribution in [0.1, 0.15) is 5.69 Å². The van der Waals surface area contributed by atoms with Crippen molar-refractivity contribution in [1.29, 1.82) is 0 Å². The lowest BCUT2D eigenvalue weighted by Crippen LogP contribution is -2.20. The fourth-order valence-corrected chi connectivity index (χ4v) is 2.03. The summed E-state index contributed by atoms with van der Waals surface area (Å²) in [5.41, 5.74) is 2.19. The average molecular weight is 288 g/mol. The third-order valence-corrected chi connectivity index (χ3v) is 3.28. The summed E-state index contributed by atoms with van der Waals surface area (Å²) >= 11 is 0. The van der Waals surface area contributed by atoms with Gasteiger partial charge in [0.05, 0.1) is 17.6 Å². The number of aromatic nitrogens is 2. The Bertz CT molecular complexity index is 681. The fourth-order valence-electron chi connectivity index (χ4n) is 2.03. The van der Waals surface area contributed by atoms with Crippen molar-refractivity contribution in [2.24, 2.45) is 7.05 Å². The molecule has 1 aliphatic rings. The number of hydrogen-bond acceptors (Lipinski definition) is 4. The molecule has 1 aromatic carbocycles. The van der Waals surface area contributed by atoms with E-state index >= 15 is 0 Å². The summed E-state index contributed by atoms with van der Waals surface area (Å²) in [6.45, 7) is 2.94. The average Bonchev–Trinajstić information content (AvgIpc) is 2.79. The monoisotopic (exact) mass is 288 g/mol. The van der Waals surface area contributed by atoms with Crippen molar-refractivity contribution in [2.75, 3.05) is 23.8 Å². The minimum atomic E-state index is -0.331. The number of nitrogens with one attached hydrogen (secondary N) is 2. The van der Waals surface area contributed by atoms with Crippen LogP contribution < -0.4 is 20.1 Å². The third kappa shape index (κ3) is 2.76. The molecular formula is C14H16N4O3. The maximum Gasteiger partial charge on any atom is 0.323 e. The summed E-state index contributed by atoms with van der Waals surface area (Å²) in [5, 5.41) is 9.58. The summed E-state index contributed by atoms with van der Waals surface area (Å²) in [7, 11) is 1.82. The van der Waals surface area contributed by atoms with E-state index in [2.05, 4.69) is 15.7 Å². The van der Waals surface area contributed by atoms with Gasteiger partial charge in [0.2, 0.25) is 0 Å². The number of carbonyl (C=O) groups is 1. The largest absolute Gasteiger partial charge is 0.486 e. The minimum Gasteiger partial charge on any atom is -0.486 e. The van der Waals surface area contributed by atoms with Gasteiger partial charge < -0.3 is 20.1 Å². The lowest BCUT2D eigenvalue weighted by Gasteiger charge is -2.19. The van der Waals surface area contributed by atoms with Crippen molar-refractivity contribution in [3.8, 4) is 11.5 Å². The first-order valence-corrected chi connectivity index (χ1v) is 6.60. The number of carbonyl (C=O) groups excluding carboxylic acids is 1. The van der Waals surface area contributed by atoms with Crippen molar-refractivity contribution < 1.29 is 14.3 Å². The SMILES string of the molecule is Cc1c(NC(=O)Nc2ccc3c(c2)OCCO3)cnn1C. The summed E-state index contributed by atoms with van der Waals surface area (Å²) in [6, 6.07) is 4.95. The molecule has 0 saturated carbocycles. The molecule has 1 aromatic heterocycles. The summed E-state index contributed by atoms with van der Waals surface area (Å²) in [4.78, 5) is 12.0. The molecule has 7 nitrogen and oxygen atoms in total. The number of rotatable bonds is 2. The van der Waals surface area contributed by atoms with Crippen LogP contribution >= 0.6 is 0 Å². The van der Waals surface area contributed by atoms with Gasteiger partial charge in [0.15, 0.2) is 11.5 Å². The molecule has 1 aliphatic heterocycles. The fraction of sp³-hybridized carbons (Fsp3) is 0.286. The van der Waals surface area contributed by atoms with Gasteiger partial charge in [0.1, 0.15) is 13.2 Å². The van der Waals surface area contributed by atoms with E-state index in [-0.39, 0.29) is 6.03 Å². The van der Waals surface area contributed by atoms with Gasteiger partial charge >= 0.3 is 6.03 Å². The molecule has 0 unspecified atom stereocenters. The Morgan fingerprint density at radius 2 is 2.00 bits per heavy atom. The summed E-state index contributed by atoms with van der Waals surface area (Å²) < 4.78 is 12.6. The maximum atomic E-state index is 12.0. The van der Waals surface area contributed by atoms with Gasteiger partial charge in [-0.05, 0) is 19.1 Å². The number of aryl methyl sites for hydroxylation is 1. The molecule has 0 bridgehead atoms. The maximum absolute atomic E-state index is 12.0. The van der Waals surface area contributed by atoms with E-state index in [1.807, 2.05) is 14.0 Å². The van der Waals surface area contributed by atoms with Crippen LogP contribution in [0.15, 0.2) is 24.4 Å². The van der Waals surface area contributed by atoms with Crippen molar-refractivity contribution in [2.45, 2.75) is 6.92 Å². The molecule has 2 N–H and O–H groups in total. The van der Waals surface area contributed by atoms with Gasteiger partial charge in [-0.3, -0.25) is 4.68 Å². The van der Waals surface area contributed by atoms with Crippen molar-refractivity contribution in [3.63, 3.8) is 0 Å². The zero-order chi connectivity index (χ0) is 14.8. The molecule has 7 heteroatoms. The molecule has 0 fully saturated rings. The highest BCUT2D eigenvalue weighted by Crippen LogP contribution is 2.32. The highest BCUT2D eigenvalue weighted by molar-refractivity contribution is 6.00. The molecule has 0 spiro atoms. The Kier molecular flexibility index (Phi) is 3.39. The van der Waals surface area contributed by atoms with E-state index in [9.17, 15) is 4.79 Å². The second-order valence-electron chi connectivity index (χ2n) is 4.70. The third-order valence-electron chi connectivity index (χ3n) is 3.28. The van der Waals surface area contributed by atoms with Gasteiger partial charge in [-0.1, -0.05) is 0 Å². The number of hydrogen-bond donors (Lipinski definition) is 2. The number of fused-ring (bicyclic) bond motifs is 1. The Morgan fingerprint density at radius 3 is 2.71 bits per heavy atom. The summed E-state index contributed by atoms with van der Waals surface area (Å²) in [6.07, 6.45) is 1.61. The first kappa shape index (κ1) is 13.3. The quantitative estimate of drug-likeness (QED) is 0.887. The van der Waals surface area contributed by atoms with E-state index in [1.165, 1.54) is 0 Å². The van der Waals surface area contributed by atoms with Crippen molar-refractivity contribution in [3.05, 3.63) is 30.1 Å². The van der Waals surface area contributed by atoms with Gasteiger partial charge in [-0.2, -0.15) is 5.10 Å². The number of urea groups is 1. The predicted molar refractivity (Wildman–Crippen MR) is 78.0 cm³/mol. The van der Waals surface area contributed by atoms with Crippen LogP contribution in [-0.4, -0.2) is 29.0 Å². The van der Waals surface area contributed by atoms with Crippen LogP contribution in [0.2, 0.25) is 0 Å². The minimum absolute atomic E-state index is 0.331. The normalized spacial score (nSPS) is 12.9. The van der Waals surface area contributed by atoms with Crippen molar-refractivity contribution >= 4 is 17.4 Å². The standard InChI is InChI=1S/C14H16N4O3/c1-9-11(8-15-18(9)2)17-14(19)16-10-3-4-12-13(7-10)21-6-5-20-12/h3-4,7-8H,5-6H2,1-2H3,(H2,16,17,19). The lowest BCUT2D eigenvalue weighted by molar-refractivity contribution is 0.171. The molecular weight excluding hydrogens is 272 g/mol. The molecule has 0 saturated heterocycles. The van der Waals surface area contributed by atoms with Crippen molar-refractivity contribution in [1.82, 2.24) is 9.78 Å². The number of amides is 2. The molecule has 0 aliphatic carbocycles. The van der Waals surface area contributed by atoms with Crippen LogP contribution in [0.5, 0.6) is 11.5 Å². The molecule has 21 heavy (non-hydrogen) atoms. The predicted octanol–water partition coefficient (Wildman–Crippen LogP) is 2.14. The van der Waals surface area contributed by atoms with Crippen LogP contribution in [0.25, 0.3) is 0 Å². The Morgan fingerprint density at radius 1 is 1.24 bits per heavy atom. The van der Waals surface area contributed by atoms with E-state index in [1.54, 1.807) is 29.1 Å². The molecule has 110 valence electrons. The van der Waals surface area contributed by atoms with Gasteiger partial charge in [0, 0.05) is 18.8 Å². The van der Waals surface area contributed by atoms with Crippen LogP contribution in [0, 0.1) is 6.92 Å². The highest BCUT2D eigenvalue weighted by Gasteiger charge is 2.13. The molecule has 2 heterocycles. The van der Waals surface area contributed by atoms with E-state index < -0.39 is 0 Å². The number of nitrogens with zero attached hydrogens (tertiary/aromatic N) is 2. The summed E-state index contributed by atoms with van der Waals surface area (Å²) in [5.74, 6) is 1.33. The highest BCUT2D eigenvalue weighted by atomic mass is 16.6. The van der Waals surface area contributed by atoms with E-state index in [0.717, 1.165) is 5.69 Å². The van der Waals surface area contributed by atoms with Crippen LogP contribution in [0.4, 0.5) is 16.2 Å². The molecule has 2 aromatic rings. The lowest BCUT2D eigenvalue weighted by atomic mass is 10.2. The molecule has 0 radical (unpaired) electrons. The van der Waals surface area contributed by atoms with Gasteiger partial charge in [-0.15, -0.1) is 0 Å². The first-order chi connectivity index (χ1) is 10.1. The zero-order valence-electron chi connectivity index (χ0n) is 11.8. The Labute approximate surface area is 121 Å². The number of benzene rings is 1. The van der Waals surface area contributed by atoms with Gasteiger partial charge in [0.25, 0.3) is 0 Å². The Hall–Kier alpha value is -2.70. The molecule has 3 rings (SSSR count). The second-order valence-corrected chi connectivity index (χ2v) is 4.70. The molecule has 0 atom stereocenters. The van der Waals surface area contributed by atoms with Gasteiger partial charge in [-0.25, -0.2) is 4.79 Å². The smallest absolute Gasteiger partial charge is 0.323 e. The van der Waals surface area contributed by atoms with Crippen LogP contribution in [0.3, 0.4) is 0 Å². The zero-order valence-corrected chi connectivity index (χ0v) is 11.8. The topological polar surface area (TPSA) is 77.4 Å². The first-order valence-electron chi connectivity index (χ1n) is 6.60. The number of anilines is 2. The van der Waals surface area contributed by atoms with E-state index in [4.69, 9.17) is 9.47 Å². The van der Waals surface area contributed by atoms with Crippen LogP contribution in [-0.2, 0) is 7.05 Å². The van der Waals surface area contributed by atoms with E-state index in [0.29, 0.717) is 36.1 Å².